The number of fused-ring (bicyclic) bond motifs is 3. The van der Waals surface area contributed by atoms with Gasteiger partial charge >= 0.3 is 0 Å². The Hall–Kier alpha value is -2.26. The van der Waals surface area contributed by atoms with E-state index in [0.717, 1.165) is 11.9 Å². The second kappa shape index (κ2) is 5.43. The number of halogens is 1. The molecular weight excluding hydrogens is 308 g/mol. The lowest BCUT2D eigenvalue weighted by molar-refractivity contribution is 0.0735. The van der Waals surface area contributed by atoms with Gasteiger partial charge in [-0.1, -0.05) is 35.4 Å². The summed E-state index contributed by atoms with van der Waals surface area (Å²) in [4.78, 5) is 18.2. The number of carbonyl (C=O) groups is 1. The van der Waals surface area contributed by atoms with E-state index in [0.29, 0.717) is 23.7 Å². The number of nitrogens with zero attached hydrogens (tertiary/aromatic N) is 1. The van der Waals surface area contributed by atoms with Crippen molar-refractivity contribution in [3.05, 3.63) is 69.9 Å². The molecule has 0 aliphatic carbocycles. The summed E-state index contributed by atoms with van der Waals surface area (Å²) in [5, 5.41) is 1.73. The van der Waals surface area contributed by atoms with Crippen LogP contribution >= 0.6 is 11.6 Å². The summed E-state index contributed by atoms with van der Waals surface area (Å²) in [6.07, 6.45) is 0.846. The number of H-pyrrole nitrogens is 1. The van der Waals surface area contributed by atoms with E-state index in [4.69, 9.17) is 11.6 Å². The van der Waals surface area contributed by atoms with Crippen LogP contribution in [-0.2, 0) is 13.0 Å². The zero-order valence-electron chi connectivity index (χ0n) is 12.9. The molecule has 0 fully saturated rings. The van der Waals surface area contributed by atoms with Crippen molar-refractivity contribution in [3.63, 3.8) is 0 Å². The fraction of sp³-hybridized carbons (Fsp3) is 0.211. The van der Waals surface area contributed by atoms with Crippen LogP contribution < -0.4 is 0 Å². The van der Waals surface area contributed by atoms with E-state index < -0.39 is 0 Å². The molecule has 0 bridgehead atoms. The van der Waals surface area contributed by atoms with Crippen molar-refractivity contribution >= 4 is 28.4 Å². The molecule has 116 valence electrons. The van der Waals surface area contributed by atoms with Gasteiger partial charge in [-0.2, -0.15) is 0 Å². The van der Waals surface area contributed by atoms with E-state index in [1.54, 1.807) is 12.1 Å². The minimum absolute atomic E-state index is 0.00301. The third kappa shape index (κ3) is 2.41. The molecule has 2 heterocycles. The van der Waals surface area contributed by atoms with Crippen molar-refractivity contribution in [2.45, 2.75) is 19.9 Å². The van der Waals surface area contributed by atoms with Crippen molar-refractivity contribution in [3.8, 4) is 0 Å². The first-order valence-corrected chi connectivity index (χ1v) is 8.15. The molecule has 0 unspecified atom stereocenters. The molecular formula is C19H17ClN2O. The zero-order chi connectivity index (χ0) is 16.0. The molecule has 1 aromatic heterocycles. The Balaban J connectivity index is 1.71. The van der Waals surface area contributed by atoms with Gasteiger partial charge in [0.1, 0.15) is 0 Å². The summed E-state index contributed by atoms with van der Waals surface area (Å²) < 4.78 is 0. The lowest BCUT2D eigenvalue weighted by Gasteiger charge is -2.27. The fourth-order valence-corrected chi connectivity index (χ4v) is 3.52. The summed E-state index contributed by atoms with van der Waals surface area (Å²) in [6.45, 7) is 3.43. The lowest BCUT2D eigenvalue weighted by atomic mass is 10.0. The second-order valence-corrected chi connectivity index (χ2v) is 6.49. The molecule has 4 rings (SSSR count). The Kier molecular flexibility index (Phi) is 3.38. The van der Waals surface area contributed by atoms with Crippen molar-refractivity contribution in [2.75, 3.05) is 6.54 Å². The molecule has 0 atom stereocenters. The first kappa shape index (κ1) is 14.3. The van der Waals surface area contributed by atoms with E-state index in [2.05, 4.69) is 30.1 Å². The first-order chi connectivity index (χ1) is 11.1. The maximum Gasteiger partial charge on any atom is 0.255 e. The van der Waals surface area contributed by atoms with Crippen LogP contribution in [0.15, 0.2) is 42.5 Å². The van der Waals surface area contributed by atoms with Gasteiger partial charge in [-0.3, -0.25) is 4.79 Å². The summed E-state index contributed by atoms with van der Waals surface area (Å²) in [6, 6.07) is 13.7. The van der Waals surface area contributed by atoms with Crippen LogP contribution in [0.2, 0.25) is 5.02 Å². The number of aromatic amines is 1. The van der Waals surface area contributed by atoms with Crippen molar-refractivity contribution in [2.24, 2.45) is 0 Å². The number of rotatable bonds is 1. The van der Waals surface area contributed by atoms with E-state index in [9.17, 15) is 4.79 Å². The molecule has 0 saturated carbocycles. The fourth-order valence-electron chi connectivity index (χ4n) is 3.31. The van der Waals surface area contributed by atoms with E-state index >= 15 is 0 Å². The largest absolute Gasteiger partial charge is 0.358 e. The molecule has 1 aliphatic rings. The number of hydrogen-bond donors (Lipinski definition) is 1. The summed E-state index contributed by atoms with van der Waals surface area (Å²) in [5.41, 5.74) is 5.43. The molecule has 1 aliphatic heterocycles. The molecule has 1 amide bonds. The van der Waals surface area contributed by atoms with Crippen LogP contribution in [0, 0.1) is 6.92 Å². The molecule has 23 heavy (non-hydrogen) atoms. The van der Waals surface area contributed by atoms with E-state index in [1.165, 1.54) is 22.2 Å². The van der Waals surface area contributed by atoms with Crippen LogP contribution in [0.25, 0.3) is 10.9 Å². The average Bonchev–Trinajstić information content (AvgIpc) is 2.92. The van der Waals surface area contributed by atoms with Crippen LogP contribution in [0.1, 0.15) is 27.2 Å². The van der Waals surface area contributed by atoms with Crippen LogP contribution in [0.4, 0.5) is 0 Å². The minimum Gasteiger partial charge on any atom is -0.358 e. The molecule has 0 saturated heterocycles. The predicted octanol–water partition coefficient (Wildman–Crippen LogP) is 4.33. The van der Waals surface area contributed by atoms with Gasteiger partial charge in [-0.05, 0) is 31.2 Å². The maximum atomic E-state index is 12.8. The summed E-state index contributed by atoms with van der Waals surface area (Å²) >= 11 is 6.18. The molecule has 1 N–H and O–H groups in total. The third-order valence-corrected chi connectivity index (χ3v) is 4.85. The number of amides is 1. The maximum absolute atomic E-state index is 12.8. The SMILES string of the molecule is Cc1ccc2[nH]c3c(c2c1)CN(C(=O)c1ccccc1Cl)CC3. The third-order valence-electron chi connectivity index (χ3n) is 4.52. The Morgan fingerprint density at radius 2 is 2.04 bits per heavy atom. The molecule has 3 aromatic rings. The standard InChI is InChI=1S/C19H17ClN2O/c1-12-6-7-17-14(10-12)15-11-22(9-8-18(15)21-17)19(23)13-4-2-3-5-16(13)20/h2-7,10,21H,8-9,11H2,1H3. The Bertz CT molecular complexity index is 913. The molecule has 3 nitrogen and oxygen atoms in total. The van der Waals surface area contributed by atoms with Crippen LogP contribution in [-0.4, -0.2) is 22.3 Å². The van der Waals surface area contributed by atoms with Gasteiger partial charge in [-0.15, -0.1) is 0 Å². The molecule has 0 radical (unpaired) electrons. The highest BCUT2D eigenvalue weighted by atomic mass is 35.5. The number of aromatic nitrogens is 1. The van der Waals surface area contributed by atoms with E-state index in [1.807, 2.05) is 17.0 Å². The van der Waals surface area contributed by atoms with Gasteiger partial charge in [0.05, 0.1) is 10.6 Å². The highest BCUT2D eigenvalue weighted by molar-refractivity contribution is 6.33. The van der Waals surface area contributed by atoms with Gasteiger partial charge in [0.15, 0.2) is 0 Å². The van der Waals surface area contributed by atoms with Gasteiger partial charge in [0.25, 0.3) is 5.91 Å². The van der Waals surface area contributed by atoms with Crippen LogP contribution in [0.5, 0.6) is 0 Å². The lowest BCUT2D eigenvalue weighted by Crippen LogP contribution is -2.35. The van der Waals surface area contributed by atoms with Gasteiger partial charge in [-0.25, -0.2) is 0 Å². The topological polar surface area (TPSA) is 36.1 Å². The minimum atomic E-state index is 0.00301. The Morgan fingerprint density at radius 3 is 2.87 bits per heavy atom. The van der Waals surface area contributed by atoms with Crippen molar-refractivity contribution < 1.29 is 4.79 Å². The highest BCUT2D eigenvalue weighted by Crippen LogP contribution is 2.29. The highest BCUT2D eigenvalue weighted by Gasteiger charge is 2.25. The molecule has 4 heteroatoms. The normalized spacial score (nSPS) is 14.1. The quantitative estimate of drug-likeness (QED) is 0.710. The van der Waals surface area contributed by atoms with Crippen molar-refractivity contribution in [1.29, 1.82) is 0 Å². The van der Waals surface area contributed by atoms with Crippen molar-refractivity contribution in [1.82, 2.24) is 9.88 Å². The van der Waals surface area contributed by atoms with Gasteiger partial charge in [0, 0.05) is 41.7 Å². The number of aryl methyl sites for hydroxylation is 1. The van der Waals surface area contributed by atoms with Gasteiger partial charge < -0.3 is 9.88 Å². The average molecular weight is 325 g/mol. The summed E-state index contributed by atoms with van der Waals surface area (Å²) in [7, 11) is 0. The first-order valence-electron chi connectivity index (χ1n) is 7.77. The smallest absolute Gasteiger partial charge is 0.255 e. The van der Waals surface area contributed by atoms with Gasteiger partial charge in [0.2, 0.25) is 0 Å². The Labute approximate surface area is 139 Å². The predicted molar refractivity (Wildman–Crippen MR) is 92.9 cm³/mol. The number of hydrogen-bond acceptors (Lipinski definition) is 1. The molecule has 2 aromatic carbocycles. The van der Waals surface area contributed by atoms with E-state index in [-0.39, 0.29) is 5.91 Å². The summed E-state index contributed by atoms with van der Waals surface area (Å²) in [5.74, 6) is 0.00301. The zero-order valence-corrected chi connectivity index (χ0v) is 13.7. The number of nitrogens with one attached hydrogen (secondary N) is 1. The Morgan fingerprint density at radius 1 is 1.22 bits per heavy atom. The second-order valence-electron chi connectivity index (χ2n) is 6.09. The monoisotopic (exact) mass is 324 g/mol. The number of benzene rings is 2. The molecule has 0 spiro atoms. The van der Waals surface area contributed by atoms with Crippen LogP contribution in [0.3, 0.4) is 0 Å². The number of carbonyl (C=O) groups excluding carboxylic acids is 1.